The smallest absolute Gasteiger partial charge is 0.234 e. The Morgan fingerprint density at radius 1 is 1.21 bits per heavy atom. The molecule has 1 heterocycles. The summed E-state index contributed by atoms with van der Waals surface area (Å²) in [5, 5.41) is 3.01. The summed E-state index contributed by atoms with van der Waals surface area (Å²) in [7, 11) is 0. The zero-order valence-electron chi connectivity index (χ0n) is 11.9. The van der Waals surface area contributed by atoms with E-state index in [2.05, 4.69) is 24.1 Å². The van der Waals surface area contributed by atoms with Crippen LogP contribution in [0.2, 0.25) is 0 Å². The lowest BCUT2D eigenvalue weighted by atomic mass is 9.97. The molecule has 1 aromatic carbocycles. The van der Waals surface area contributed by atoms with Crippen LogP contribution < -0.4 is 5.32 Å². The third kappa shape index (κ3) is 4.06. The van der Waals surface area contributed by atoms with Crippen LogP contribution in [0.15, 0.2) is 30.3 Å². The molecule has 0 saturated carbocycles. The summed E-state index contributed by atoms with van der Waals surface area (Å²) in [6.07, 6.45) is 3.69. The van der Waals surface area contributed by atoms with Gasteiger partial charge in [0.1, 0.15) is 0 Å². The minimum absolute atomic E-state index is 0.129. The van der Waals surface area contributed by atoms with E-state index in [4.69, 9.17) is 0 Å². The number of likely N-dealkylation sites (tertiary alicyclic amines) is 1. The second kappa shape index (κ2) is 6.71. The van der Waals surface area contributed by atoms with E-state index in [0.29, 0.717) is 25.2 Å². The molecule has 3 nitrogen and oxygen atoms in total. The van der Waals surface area contributed by atoms with Gasteiger partial charge in [-0.15, -0.1) is 0 Å². The fourth-order valence-electron chi connectivity index (χ4n) is 2.80. The van der Waals surface area contributed by atoms with Crippen LogP contribution in [0.4, 0.5) is 0 Å². The van der Waals surface area contributed by atoms with E-state index >= 15 is 0 Å². The fraction of sp³-hybridized carbons (Fsp3) is 0.562. The van der Waals surface area contributed by atoms with Crippen molar-refractivity contribution in [1.29, 1.82) is 0 Å². The molecule has 1 saturated heterocycles. The number of carbonyl (C=O) groups is 1. The molecule has 1 aromatic rings. The van der Waals surface area contributed by atoms with Gasteiger partial charge in [0.2, 0.25) is 5.91 Å². The molecule has 3 heteroatoms. The van der Waals surface area contributed by atoms with Gasteiger partial charge in [-0.3, -0.25) is 9.69 Å². The second-order valence-electron chi connectivity index (χ2n) is 5.56. The first kappa shape index (κ1) is 14.1. The number of piperidine rings is 1. The van der Waals surface area contributed by atoms with Crippen molar-refractivity contribution in [2.75, 3.05) is 6.54 Å². The highest BCUT2D eigenvalue weighted by atomic mass is 16.2. The normalized spacial score (nSPS) is 24.1. The predicted octanol–water partition coefficient (Wildman–Crippen LogP) is 2.57. The highest BCUT2D eigenvalue weighted by Gasteiger charge is 2.26. The summed E-state index contributed by atoms with van der Waals surface area (Å²) >= 11 is 0. The average Bonchev–Trinajstić information content (AvgIpc) is 2.42. The summed E-state index contributed by atoms with van der Waals surface area (Å²) < 4.78 is 0. The van der Waals surface area contributed by atoms with Crippen LogP contribution in [0, 0.1) is 0 Å². The van der Waals surface area contributed by atoms with Gasteiger partial charge in [0.15, 0.2) is 0 Å². The quantitative estimate of drug-likeness (QED) is 0.902. The Bertz CT molecular complexity index is 394. The maximum atomic E-state index is 12.0. The Morgan fingerprint density at radius 2 is 1.84 bits per heavy atom. The van der Waals surface area contributed by atoms with Crippen LogP contribution in [0.1, 0.15) is 38.7 Å². The minimum atomic E-state index is 0.129. The average molecular weight is 260 g/mol. The van der Waals surface area contributed by atoms with Crippen molar-refractivity contribution in [1.82, 2.24) is 10.2 Å². The van der Waals surface area contributed by atoms with Crippen LogP contribution in [-0.2, 0) is 11.3 Å². The Hall–Kier alpha value is -1.35. The summed E-state index contributed by atoms with van der Waals surface area (Å²) in [5.41, 5.74) is 1.15. The van der Waals surface area contributed by atoms with Crippen LogP contribution in [0.5, 0.6) is 0 Å². The zero-order chi connectivity index (χ0) is 13.7. The van der Waals surface area contributed by atoms with Crippen LogP contribution in [0.3, 0.4) is 0 Å². The number of carbonyl (C=O) groups excluding carboxylic acids is 1. The van der Waals surface area contributed by atoms with Crippen molar-refractivity contribution in [2.45, 2.75) is 51.7 Å². The molecule has 0 aromatic heterocycles. The standard InChI is InChI=1S/C16H24N2O/c1-13-7-6-8-14(2)18(13)12-16(19)17-11-15-9-4-3-5-10-15/h3-5,9-10,13-14H,6-8,11-12H2,1-2H3,(H,17,19). The van der Waals surface area contributed by atoms with Crippen molar-refractivity contribution in [2.24, 2.45) is 0 Å². The monoisotopic (exact) mass is 260 g/mol. The molecule has 0 aliphatic carbocycles. The van der Waals surface area contributed by atoms with Crippen LogP contribution in [0.25, 0.3) is 0 Å². The molecule has 1 amide bonds. The molecule has 0 radical (unpaired) electrons. The summed E-state index contributed by atoms with van der Waals surface area (Å²) in [5.74, 6) is 0.129. The lowest BCUT2D eigenvalue weighted by Gasteiger charge is -2.38. The first-order chi connectivity index (χ1) is 9.16. The molecule has 19 heavy (non-hydrogen) atoms. The van der Waals surface area contributed by atoms with E-state index in [0.717, 1.165) is 5.56 Å². The number of benzene rings is 1. The number of nitrogens with zero attached hydrogens (tertiary/aromatic N) is 1. The van der Waals surface area contributed by atoms with Gasteiger partial charge in [0, 0.05) is 18.6 Å². The van der Waals surface area contributed by atoms with Gasteiger partial charge in [-0.25, -0.2) is 0 Å². The first-order valence-electron chi connectivity index (χ1n) is 7.23. The van der Waals surface area contributed by atoms with E-state index in [1.807, 2.05) is 30.3 Å². The summed E-state index contributed by atoms with van der Waals surface area (Å²) in [6, 6.07) is 11.1. The predicted molar refractivity (Wildman–Crippen MR) is 77.8 cm³/mol. The van der Waals surface area contributed by atoms with Gasteiger partial charge in [0.05, 0.1) is 6.54 Å². The zero-order valence-corrected chi connectivity index (χ0v) is 11.9. The Labute approximate surface area is 116 Å². The lowest BCUT2D eigenvalue weighted by Crippen LogP contribution is -2.48. The molecule has 2 atom stereocenters. The first-order valence-corrected chi connectivity index (χ1v) is 7.23. The van der Waals surface area contributed by atoms with Gasteiger partial charge in [-0.2, -0.15) is 0 Å². The highest BCUT2D eigenvalue weighted by Crippen LogP contribution is 2.21. The molecule has 1 aliphatic rings. The highest BCUT2D eigenvalue weighted by molar-refractivity contribution is 5.78. The summed E-state index contributed by atoms with van der Waals surface area (Å²) in [6.45, 7) is 5.59. The van der Waals surface area contributed by atoms with Gasteiger partial charge in [-0.05, 0) is 32.3 Å². The van der Waals surface area contributed by atoms with E-state index in [1.165, 1.54) is 19.3 Å². The van der Waals surface area contributed by atoms with E-state index in [1.54, 1.807) is 0 Å². The molecule has 1 N–H and O–H groups in total. The molecule has 104 valence electrons. The largest absolute Gasteiger partial charge is 0.351 e. The maximum Gasteiger partial charge on any atom is 0.234 e. The van der Waals surface area contributed by atoms with E-state index in [-0.39, 0.29) is 5.91 Å². The van der Waals surface area contributed by atoms with E-state index < -0.39 is 0 Å². The molecular formula is C16H24N2O. The SMILES string of the molecule is CC1CCCC(C)N1CC(=O)NCc1ccccc1. The number of nitrogens with one attached hydrogen (secondary N) is 1. The fourth-order valence-corrected chi connectivity index (χ4v) is 2.80. The number of rotatable bonds is 4. The third-order valence-electron chi connectivity index (χ3n) is 4.03. The topological polar surface area (TPSA) is 32.3 Å². The maximum absolute atomic E-state index is 12.0. The third-order valence-corrected chi connectivity index (χ3v) is 4.03. The van der Waals surface area contributed by atoms with Crippen molar-refractivity contribution in [3.63, 3.8) is 0 Å². The van der Waals surface area contributed by atoms with Crippen molar-refractivity contribution >= 4 is 5.91 Å². The molecular weight excluding hydrogens is 236 g/mol. The molecule has 2 unspecified atom stereocenters. The number of hydrogen-bond donors (Lipinski definition) is 1. The van der Waals surface area contributed by atoms with Crippen molar-refractivity contribution in [3.8, 4) is 0 Å². The Balaban J connectivity index is 1.80. The molecule has 0 bridgehead atoms. The van der Waals surface area contributed by atoms with Crippen molar-refractivity contribution < 1.29 is 4.79 Å². The van der Waals surface area contributed by atoms with Gasteiger partial charge < -0.3 is 5.32 Å². The molecule has 0 spiro atoms. The summed E-state index contributed by atoms with van der Waals surface area (Å²) in [4.78, 5) is 14.3. The second-order valence-corrected chi connectivity index (χ2v) is 5.56. The number of amides is 1. The van der Waals surface area contributed by atoms with Gasteiger partial charge >= 0.3 is 0 Å². The van der Waals surface area contributed by atoms with Crippen molar-refractivity contribution in [3.05, 3.63) is 35.9 Å². The number of hydrogen-bond acceptors (Lipinski definition) is 2. The van der Waals surface area contributed by atoms with Gasteiger partial charge in [-0.1, -0.05) is 36.8 Å². The Kier molecular flexibility index (Phi) is 4.97. The minimum Gasteiger partial charge on any atom is -0.351 e. The molecule has 2 rings (SSSR count). The molecule has 1 aliphatic heterocycles. The molecule has 1 fully saturated rings. The van der Waals surface area contributed by atoms with Crippen LogP contribution >= 0.6 is 0 Å². The Morgan fingerprint density at radius 3 is 2.47 bits per heavy atom. The van der Waals surface area contributed by atoms with E-state index in [9.17, 15) is 4.79 Å². The van der Waals surface area contributed by atoms with Crippen LogP contribution in [-0.4, -0.2) is 29.4 Å². The van der Waals surface area contributed by atoms with Gasteiger partial charge in [0.25, 0.3) is 0 Å². The lowest BCUT2D eigenvalue weighted by molar-refractivity contribution is -0.124.